The molecule has 3 heteroatoms. The first-order chi connectivity index (χ1) is 8.34. The van der Waals surface area contributed by atoms with Crippen LogP contribution in [-0.4, -0.2) is 22.8 Å². The van der Waals surface area contributed by atoms with E-state index in [1.165, 1.54) is 6.42 Å². The van der Waals surface area contributed by atoms with Gasteiger partial charge < -0.3 is 9.84 Å². The molecular formula is C15H22O3. The highest BCUT2D eigenvalue weighted by atomic mass is 16.6. The Balaban J connectivity index is 1.60. The standard InChI is InChI=1S/C15H22O3/c1-14(2)12(18-14)6-7-15(3)10-5-4-9(13(16)17)8-11(10)15/h8,10-12H,4-7H2,1-3H3,(H,16,17)/t10-,11+,12+,15+/m0/s1. The lowest BCUT2D eigenvalue weighted by Gasteiger charge is -2.09. The van der Waals surface area contributed by atoms with E-state index in [1.807, 2.05) is 6.08 Å². The van der Waals surface area contributed by atoms with Crippen molar-refractivity contribution in [1.82, 2.24) is 0 Å². The smallest absolute Gasteiger partial charge is 0.331 e. The second-order valence-corrected chi connectivity index (χ2v) is 6.92. The second kappa shape index (κ2) is 3.60. The maximum Gasteiger partial charge on any atom is 0.331 e. The molecule has 18 heavy (non-hydrogen) atoms. The summed E-state index contributed by atoms with van der Waals surface area (Å²) in [6.45, 7) is 6.60. The number of ether oxygens (including phenoxy) is 1. The van der Waals surface area contributed by atoms with Crippen molar-refractivity contribution in [3.63, 3.8) is 0 Å². The summed E-state index contributed by atoms with van der Waals surface area (Å²) in [7, 11) is 0. The van der Waals surface area contributed by atoms with Gasteiger partial charge in [-0.15, -0.1) is 0 Å². The Kier molecular flexibility index (Phi) is 2.44. The molecule has 0 amide bonds. The molecule has 3 rings (SSSR count). The van der Waals surface area contributed by atoms with Crippen LogP contribution in [0.5, 0.6) is 0 Å². The molecule has 0 aromatic carbocycles. The van der Waals surface area contributed by atoms with Gasteiger partial charge in [-0.2, -0.15) is 0 Å². The quantitative estimate of drug-likeness (QED) is 0.780. The number of hydrogen-bond acceptors (Lipinski definition) is 2. The lowest BCUT2D eigenvalue weighted by Crippen LogP contribution is -2.07. The highest BCUT2D eigenvalue weighted by molar-refractivity contribution is 5.87. The summed E-state index contributed by atoms with van der Waals surface area (Å²) in [4.78, 5) is 11.0. The summed E-state index contributed by atoms with van der Waals surface area (Å²) in [6.07, 6.45) is 6.52. The van der Waals surface area contributed by atoms with Crippen molar-refractivity contribution in [1.29, 1.82) is 0 Å². The molecule has 1 aliphatic heterocycles. The molecule has 0 aromatic heterocycles. The molecule has 0 radical (unpaired) electrons. The summed E-state index contributed by atoms with van der Waals surface area (Å²) in [5.41, 5.74) is 1.04. The van der Waals surface area contributed by atoms with Crippen LogP contribution in [-0.2, 0) is 9.53 Å². The third kappa shape index (κ3) is 1.80. The van der Waals surface area contributed by atoms with Crippen molar-refractivity contribution in [3.8, 4) is 0 Å². The molecule has 1 N–H and O–H groups in total. The van der Waals surface area contributed by atoms with Gasteiger partial charge in [-0.25, -0.2) is 4.79 Å². The van der Waals surface area contributed by atoms with Crippen molar-refractivity contribution in [2.45, 2.75) is 58.2 Å². The van der Waals surface area contributed by atoms with Gasteiger partial charge in [-0.3, -0.25) is 0 Å². The van der Waals surface area contributed by atoms with Crippen molar-refractivity contribution >= 4 is 5.97 Å². The van der Waals surface area contributed by atoms with Gasteiger partial charge in [-0.05, 0) is 56.8 Å². The number of aliphatic carboxylic acids is 1. The topological polar surface area (TPSA) is 49.8 Å². The van der Waals surface area contributed by atoms with Crippen molar-refractivity contribution in [3.05, 3.63) is 11.6 Å². The van der Waals surface area contributed by atoms with E-state index < -0.39 is 5.97 Å². The van der Waals surface area contributed by atoms with Gasteiger partial charge in [0.15, 0.2) is 0 Å². The van der Waals surface area contributed by atoms with Crippen LogP contribution in [0.3, 0.4) is 0 Å². The van der Waals surface area contributed by atoms with Gasteiger partial charge >= 0.3 is 5.97 Å². The Bertz CT molecular complexity index is 423. The van der Waals surface area contributed by atoms with Crippen LogP contribution in [0.25, 0.3) is 0 Å². The van der Waals surface area contributed by atoms with Gasteiger partial charge in [0.05, 0.1) is 11.7 Å². The molecule has 0 aromatic rings. The molecule has 1 heterocycles. The van der Waals surface area contributed by atoms with Crippen LogP contribution < -0.4 is 0 Å². The van der Waals surface area contributed by atoms with E-state index in [4.69, 9.17) is 9.84 Å². The summed E-state index contributed by atoms with van der Waals surface area (Å²) in [5, 5.41) is 9.05. The molecule has 3 nitrogen and oxygen atoms in total. The Morgan fingerprint density at radius 2 is 2.17 bits per heavy atom. The van der Waals surface area contributed by atoms with E-state index in [0.29, 0.717) is 28.9 Å². The molecule has 1 saturated carbocycles. The summed E-state index contributed by atoms with van der Waals surface area (Å²) >= 11 is 0. The van der Waals surface area contributed by atoms with Crippen LogP contribution in [0, 0.1) is 17.3 Å². The van der Waals surface area contributed by atoms with Gasteiger partial charge in [0.25, 0.3) is 0 Å². The van der Waals surface area contributed by atoms with Crippen LogP contribution in [0.1, 0.15) is 46.5 Å². The Labute approximate surface area is 108 Å². The van der Waals surface area contributed by atoms with Crippen LogP contribution in [0.2, 0.25) is 0 Å². The van der Waals surface area contributed by atoms with E-state index in [1.54, 1.807) is 0 Å². The number of allylic oxidation sites excluding steroid dienone is 1. The molecule has 0 unspecified atom stereocenters. The zero-order valence-electron chi connectivity index (χ0n) is 11.4. The summed E-state index contributed by atoms with van der Waals surface area (Å²) in [5.74, 6) is 0.482. The van der Waals surface area contributed by atoms with Crippen molar-refractivity contribution < 1.29 is 14.6 Å². The van der Waals surface area contributed by atoms with Crippen LogP contribution >= 0.6 is 0 Å². The van der Waals surface area contributed by atoms with E-state index in [2.05, 4.69) is 20.8 Å². The zero-order valence-corrected chi connectivity index (χ0v) is 11.4. The van der Waals surface area contributed by atoms with Gasteiger partial charge in [0.2, 0.25) is 0 Å². The maximum atomic E-state index is 11.0. The first-order valence-electron chi connectivity index (χ1n) is 6.96. The van der Waals surface area contributed by atoms with Gasteiger partial charge in [-0.1, -0.05) is 13.0 Å². The molecule has 0 bridgehead atoms. The summed E-state index contributed by atoms with van der Waals surface area (Å²) < 4.78 is 5.63. The van der Waals surface area contributed by atoms with E-state index in [0.717, 1.165) is 19.3 Å². The molecule has 100 valence electrons. The van der Waals surface area contributed by atoms with Gasteiger partial charge in [0, 0.05) is 5.57 Å². The number of carbonyl (C=O) groups is 1. The predicted molar refractivity (Wildman–Crippen MR) is 68.2 cm³/mol. The molecular weight excluding hydrogens is 228 g/mol. The highest BCUT2D eigenvalue weighted by Crippen LogP contribution is 2.66. The number of rotatable bonds is 4. The lowest BCUT2D eigenvalue weighted by molar-refractivity contribution is -0.132. The van der Waals surface area contributed by atoms with E-state index in [9.17, 15) is 4.79 Å². The molecule has 0 spiro atoms. The molecule has 2 aliphatic carbocycles. The van der Waals surface area contributed by atoms with E-state index in [-0.39, 0.29) is 5.60 Å². The van der Waals surface area contributed by atoms with Crippen LogP contribution in [0.15, 0.2) is 11.6 Å². The Morgan fingerprint density at radius 1 is 1.50 bits per heavy atom. The number of fused-ring (bicyclic) bond motifs is 1. The minimum absolute atomic E-state index is 0.0818. The normalized spacial score (nSPS) is 43.9. The lowest BCUT2D eigenvalue weighted by atomic mass is 9.94. The largest absolute Gasteiger partial charge is 0.478 e. The first kappa shape index (κ1) is 12.2. The molecule has 3 aliphatic rings. The number of hydrogen-bond donors (Lipinski definition) is 1. The molecule has 1 saturated heterocycles. The maximum absolute atomic E-state index is 11.0. The third-order valence-corrected chi connectivity index (χ3v) is 5.42. The SMILES string of the molecule is CC1(C)O[C@@H]1CC[C@@]1(C)[C@@H]2C=C(C(=O)O)CC[C@@H]21. The number of epoxide rings is 1. The minimum Gasteiger partial charge on any atom is -0.478 e. The third-order valence-electron chi connectivity index (χ3n) is 5.42. The number of carboxylic acid groups (broad SMARTS) is 1. The fourth-order valence-corrected chi connectivity index (χ4v) is 3.84. The van der Waals surface area contributed by atoms with E-state index >= 15 is 0 Å². The number of carboxylic acids is 1. The highest BCUT2D eigenvalue weighted by Gasteiger charge is 2.61. The Morgan fingerprint density at radius 3 is 2.72 bits per heavy atom. The van der Waals surface area contributed by atoms with Gasteiger partial charge in [0.1, 0.15) is 0 Å². The Hall–Kier alpha value is -0.830. The monoisotopic (exact) mass is 250 g/mol. The first-order valence-corrected chi connectivity index (χ1v) is 6.96. The van der Waals surface area contributed by atoms with Crippen molar-refractivity contribution in [2.75, 3.05) is 0 Å². The fraction of sp³-hybridized carbons (Fsp3) is 0.800. The van der Waals surface area contributed by atoms with Crippen molar-refractivity contribution in [2.24, 2.45) is 17.3 Å². The minimum atomic E-state index is -0.727. The average molecular weight is 250 g/mol. The average Bonchev–Trinajstić information content (AvgIpc) is 3.12. The second-order valence-electron chi connectivity index (χ2n) is 6.92. The zero-order chi connectivity index (χ0) is 13.1. The molecule has 2 fully saturated rings. The predicted octanol–water partition coefficient (Wildman–Crippen LogP) is 3.00. The fourth-order valence-electron chi connectivity index (χ4n) is 3.84. The summed E-state index contributed by atoms with van der Waals surface area (Å²) in [6, 6.07) is 0. The molecule has 4 atom stereocenters. The van der Waals surface area contributed by atoms with Crippen LogP contribution in [0.4, 0.5) is 0 Å².